The molecule has 0 bridgehead atoms. The minimum Gasteiger partial charge on any atom is -0.342 e. The van der Waals surface area contributed by atoms with Gasteiger partial charge in [0.25, 0.3) is 0 Å². The van der Waals surface area contributed by atoms with E-state index in [1.165, 1.54) is 19.3 Å². The summed E-state index contributed by atoms with van der Waals surface area (Å²) in [5.74, 6) is 2.01. The van der Waals surface area contributed by atoms with E-state index in [1.54, 1.807) is 0 Å². The van der Waals surface area contributed by atoms with Crippen LogP contribution in [0.4, 0.5) is 0 Å². The Morgan fingerprint density at radius 3 is 1.93 bits per heavy atom. The number of amides is 2. The first-order chi connectivity index (χ1) is 13.0. The van der Waals surface area contributed by atoms with Crippen molar-refractivity contribution in [3.05, 3.63) is 0 Å². The summed E-state index contributed by atoms with van der Waals surface area (Å²) < 4.78 is 0. The van der Waals surface area contributed by atoms with Crippen LogP contribution in [0, 0.1) is 17.8 Å². The normalized spacial score (nSPS) is 30.0. The molecule has 3 atom stereocenters. The molecule has 0 saturated carbocycles. The molecule has 0 N–H and O–H groups in total. The Morgan fingerprint density at radius 2 is 1.37 bits per heavy atom. The first-order valence-corrected chi connectivity index (χ1v) is 11.3. The predicted molar refractivity (Wildman–Crippen MR) is 108 cm³/mol. The number of nitrogens with zero attached hydrogens (tertiary/aromatic N) is 3. The van der Waals surface area contributed by atoms with Gasteiger partial charge in [0.15, 0.2) is 0 Å². The molecule has 0 aliphatic carbocycles. The average molecular weight is 378 g/mol. The van der Waals surface area contributed by atoms with Crippen molar-refractivity contribution in [2.45, 2.75) is 71.8 Å². The molecule has 0 spiro atoms. The standard InChI is InChI=1S/C22H39N3O2/c1-17-14-18(2)16-25(15-17)21(26)19(3)23-12-8-20(9-13-23)22(27)24-10-6-4-5-7-11-24/h17-20H,4-16H2,1-3H3. The summed E-state index contributed by atoms with van der Waals surface area (Å²) in [5.41, 5.74) is 0. The van der Waals surface area contributed by atoms with Crippen molar-refractivity contribution in [2.24, 2.45) is 17.8 Å². The molecule has 3 rings (SSSR count). The Kier molecular flexibility index (Phi) is 7.18. The minimum absolute atomic E-state index is 0.0586. The Labute approximate surface area is 165 Å². The molecule has 0 aromatic heterocycles. The maximum absolute atomic E-state index is 13.0. The van der Waals surface area contributed by atoms with Crippen LogP contribution < -0.4 is 0 Å². The fraction of sp³-hybridized carbons (Fsp3) is 0.909. The zero-order valence-electron chi connectivity index (χ0n) is 17.7. The Bertz CT molecular complexity index is 498. The lowest BCUT2D eigenvalue weighted by Gasteiger charge is -2.41. The molecule has 2 amide bonds. The average Bonchev–Trinajstić information content (AvgIpc) is 2.95. The Balaban J connectivity index is 1.49. The van der Waals surface area contributed by atoms with E-state index in [0.29, 0.717) is 17.7 Å². The third kappa shape index (κ3) is 5.24. The molecule has 27 heavy (non-hydrogen) atoms. The van der Waals surface area contributed by atoms with Gasteiger partial charge >= 0.3 is 0 Å². The van der Waals surface area contributed by atoms with Gasteiger partial charge in [0.2, 0.25) is 11.8 Å². The molecule has 154 valence electrons. The second kappa shape index (κ2) is 9.40. The van der Waals surface area contributed by atoms with Crippen molar-refractivity contribution in [1.29, 1.82) is 0 Å². The third-order valence-electron chi connectivity index (χ3n) is 6.88. The lowest BCUT2D eigenvalue weighted by atomic mass is 9.91. The zero-order valence-corrected chi connectivity index (χ0v) is 17.7. The van der Waals surface area contributed by atoms with Crippen LogP contribution in [0.2, 0.25) is 0 Å². The second-order valence-electron chi connectivity index (χ2n) is 9.41. The van der Waals surface area contributed by atoms with Crippen LogP contribution in [0.15, 0.2) is 0 Å². The van der Waals surface area contributed by atoms with Crippen LogP contribution >= 0.6 is 0 Å². The first-order valence-electron chi connectivity index (χ1n) is 11.3. The van der Waals surface area contributed by atoms with Gasteiger partial charge < -0.3 is 9.80 Å². The number of carbonyl (C=O) groups excluding carboxylic acids is 2. The smallest absolute Gasteiger partial charge is 0.239 e. The van der Waals surface area contributed by atoms with Crippen molar-refractivity contribution >= 4 is 11.8 Å². The highest BCUT2D eigenvalue weighted by molar-refractivity contribution is 5.82. The number of rotatable bonds is 3. The number of carbonyl (C=O) groups is 2. The summed E-state index contributed by atoms with van der Waals surface area (Å²) >= 11 is 0. The van der Waals surface area contributed by atoms with Crippen molar-refractivity contribution in [3.63, 3.8) is 0 Å². The molecule has 3 aliphatic rings. The van der Waals surface area contributed by atoms with Gasteiger partial charge in [-0.15, -0.1) is 0 Å². The molecule has 3 heterocycles. The van der Waals surface area contributed by atoms with Crippen LogP contribution in [-0.2, 0) is 9.59 Å². The molecule has 0 aromatic carbocycles. The van der Waals surface area contributed by atoms with E-state index in [2.05, 4.69) is 35.5 Å². The highest BCUT2D eigenvalue weighted by Gasteiger charge is 2.35. The van der Waals surface area contributed by atoms with Crippen LogP contribution in [0.3, 0.4) is 0 Å². The van der Waals surface area contributed by atoms with Crippen LogP contribution in [0.25, 0.3) is 0 Å². The molecule has 5 nitrogen and oxygen atoms in total. The number of hydrogen-bond donors (Lipinski definition) is 0. The van der Waals surface area contributed by atoms with Gasteiger partial charge in [-0.3, -0.25) is 14.5 Å². The SMILES string of the molecule is CC1CC(C)CN(C(=O)C(C)N2CCC(C(=O)N3CCCCCC3)CC2)C1. The lowest BCUT2D eigenvalue weighted by molar-refractivity contribution is -0.141. The molecule has 3 aliphatic heterocycles. The summed E-state index contributed by atoms with van der Waals surface area (Å²) in [6.45, 7) is 12.0. The topological polar surface area (TPSA) is 43.9 Å². The van der Waals surface area contributed by atoms with Gasteiger partial charge in [0.1, 0.15) is 0 Å². The molecule has 3 unspecified atom stereocenters. The summed E-state index contributed by atoms with van der Waals surface area (Å²) in [5, 5.41) is 0. The van der Waals surface area contributed by atoms with Crippen molar-refractivity contribution < 1.29 is 9.59 Å². The van der Waals surface area contributed by atoms with Gasteiger partial charge in [-0.05, 0) is 64.0 Å². The van der Waals surface area contributed by atoms with Crippen LogP contribution in [0.5, 0.6) is 0 Å². The number of piperidine rings is 2. The van der Waals surface area contributed by atoms with E-state index in [0.717, 1.165) is 65.0 Å². The first kappa shape index (κ1) is 20.6. The molecular weight excluding hydrogens is 338 g/mol. The van der Waals surface area contributed by atoms with Gasteiger partial charge in [0, 0.05) is 32.1 Å². The van der Waals surface area contributed by atoms with Gasteiger partial charge in [-0.25, -0.2) is 0 Å². The maximum atomic E-state index is 13.0. The third-order valence-corrected chi connectivity index (χ3v) is 6.88. The number of hydrogen-bond acceptors (Lipinski definition) is 3. The molecular formula is C22H39N3O2. The Morgan fingerprint density at radius 1 is 0.815 bits per heavy atom. The van der Waals surface area contributed by atoms with Gasteiger partial charge in [0.05, 0.1) is 6.04 Å². The maximum Gasteiger partial charge on any atom is 0.239 e. The van der Waals surface area contributed by atoms with Crippen LogP contribution in [0.1, 0.15) is 65.7 Å². The summed E-state index contributed by atoms with van der Waals surface area (Å²) in [6, 6.07) is -0.0586. The predicted octanol–water partition coefficient (Wildman–Crippen LogP) is 2.99. The highest BCUT2D eigenvalue weighted by Crippen LogP contribution is 2.25. The van der Waals surface area contributed by atoms with E-state index >= 15 is 0 Å². The minimum atomic E-state index is -0.0586. The molecule has 0 radical (unpaired) electrons. The highest BCUT2D eigenvalue weighted by atomic mass is 16.2. The van der Waals surface area contributed by atoms with E-state index in [-0.39, 0.29) is 17.9 Å². The fourth-order valence-corrected chi connectivity index (χ4v) is 5.35. The van der Waals surface area contributed by atoms with E-state index in [4.69, 9.17) is 0 Å². The van der Waals surface area contributed by atoms with Crippen molar-refractivity contribution in [3.8, 4) is 0 Å². The summed E-state index contributed by atoms with van der Waals surface area (Å²) in [6.07, 6.45) is 7.86. The quantitative estimate of drug-likeness (QED) is 0.759. The van der Waals surface area contributed by atoms with Gasteiger partial charge in [-0.2, -0.15) is 0 Å². The van der Waals surface area contributed by atoms with E-state index in [1.807, 2.05) is 0 Å². The van der Waals surface area contributed by atoms with E-state index in [9.17, 15) is 9.59 Å². The van der Waals surface area contributed by atoms with Gasteiger partial charge in [-0.1, -0.05) is 26.7 Å². The largest absolute Gasteiger partial charge is 0.342 e. The molecule has 3 fully saturated rings. The fourth-order valence-electron chi connectivity index (χ4n) is 5.35. The van der Waals surface area contributed by atoms with Crippen molar-refractivity contribution in [1.82, 2.24) is 14.7 Å². The monoisotopic (exact) mass is 377 g/mol. The molecule has 0 aromatic rings. The Hall–Kier alpha value is -1.10. The zero-order chi connectivity index (χ0) is 19.4. The summed E-state index contributed by atoms with van der Waals surface area (Å²) in [4.78, 5) is 32.4. The van der Waals surface area contributed by atoms with E-state index < -0.39 is 0 Å². The van der Waals surface area contributed by atoms with Crippen LogP contribution in [-0.4, -0.2) is 71.8 Å². The molecule has 5 heteroatoms. The van der Waals surface area contributed by atoms with Crippen molar-refractivity contribution in [2.75, 3.05) is 39.3 Å². The summed E-state index contributed by atoms with van der Waals surface area (Å²) in [7, 11) is 0. The number of likely N-dealkylation sites (tertiary alicyclic amines) is 3. The molecule has 3 saturated heterocycles. The second-order valence-corrected chi connectivity index (χ2v) is 9.41. The lowest BCUT2D eigenvalue weighted by Crippen LogP contribution is -2.53.